The van der Waals surface area contributed by atoms with Crippen molar-refractivity contribution in [3.05, 3.63) is 23.8 Å². The number of guanidine groups is 1. The summed E-state index contributed by atoms with van der Waals surface area (Å²) in [7, 11) is 3.32. The van der Waals surface area contributed by atoms with Gasteiger partial charge in [-0.3, -0.25) is 9.79 Å². The molecule has 1 aromatic carbocycles. The number of anilines is 1. The second-order valence-electron chi connectivity index (χ2n) is 5.66. The van der Waals surface area contributed by atoms with E-state index in [9.17, 15) is 4.79 Å². The fourth-order valence-electron chi connectivity index (χ4n) is 2.57. The van der Waals surface area contributed by atoms with Crippen molar-refractivity contribution < 1.29 is 14.3 Å². The summed E-state index contributed by atoms with van der Waals surface area (Å²) in [6, 6.07) is 5.68. The maximum atomic E-state index is 11.3. The lowest BCUT2D eigenvalue weighted by Crippen LogP contribution is -2.40. The Bertz CT molecular complexity index is 583. The number of amides is 1. The predicted molar refractivity (Wildman–Crippen MR) is 94.5 cm³/mol. The van der Waals surface area contributed by atoms with E-state index in [1.165, 1.54) is 6.92 Å². The topological polar surface area (TPSA) is 84.0 Å². The summed E-state index contributed by atoms with van der Waals surface area (Å²) in [6.07, 6.45) is 2.47. The van der Waals surface area contributed by atoms with Crippen molar-refractivity contribution in [3.63, 3.8) is 0 Å². The average molecular weight is 334 g/mol. The van der Waals surface area contributed by atoms with E-state index in [1.807, 2.05) is 18.2 Å². The molecule has 0 spiro atoms. The van der Waals surface area contributed by atoms with Crippen LogP contribution in [0.4, 0.5) is 5.69 Å². The molecule has 132 valence electrons. The van der Waals surface area contributed by atoms with Crippen LogP contribution in [0.25, 0.3) is 0 Å². The Kier molecular flexibility index (Phi) is 6.87. The number of rotatable bonds is 6. The summed E-state index contributed by atoms with van der Waals surface area (Å²) in [5.41, 5.74) is 1.67. The number of benzene rings is 1. The van der Waals surface area contributed by atoms with Crippen LogP contribution >= 0.6 is 0 Å². The Hall–Kier alpha value is -2.28. The molecule has 0 radical (unpaired) electrons. The minimum atomic E-state index is -0.132. The zero-order valence-corrected chi connectivity index (χ0v) is 14.5. The molecular weight excluding hydrogens is 308 g/mol. The Balaban J connectivity index is 1.90. The van der Waals surface area contributed by atoms with Crippen molar-refractivity contribution in [2.45, 2.75) is 32.4 Å². The molecule has 2 rings (SSSR count). The number of aliphatic imine (C=N–C) groups is 1. The Morgan fingerprint density at radius 2 is 2.25 bits per heavy atom. The molecule has 1 aromatic rings. The molecule has 1 fully saturated rings. The van der Waals surface area contributed by atoms with Crippen molar-refractivity contribution in [3.8, 4) is 5.75 Å². The van der Waals surface area contributed by atoms with Gasteiger partial charge in [0.25, 0.3) is 0 Å². The second kappa shape index (κ2) is 9.12. The zero-order chi connectivity index (χ0) is 17.4. The minimum Gasteiger partial charge on any atom is -0.495 e. The summed E-state index contributed by atoms with van der Waals surface area (Å²) < 4.78 is 10.8. The van der Waals surface area contributed by atoms with Gasteiger partial charge in [0.15, 0.2) is 5.96 Å². The molecule has 1 amide bonds. The summed E-state index contributed by atoms with van der Waals surface area (Å²) in [4.78, 5) is 15.5. The molecule has 1 aliphatic heterocycles. The largest absolute Gasteiger partial charge is 0.495 e. The highest BCUT2D eigenvalue weighted by atomic mass is 16.5. The van der Waals surface area contributed by atoms with Gasteiger partial charge < -0.3 is 25.4 Å². The van der Waals surface area contributed by atoms with Crippen molar-refractivity contribution in [2.24, 2.45) is 4.99 Å². The number of hydrogen-bond acceptors (Lipinski definition) is 4. The maximum Gasteiger partial charge on any atom is 0.221 e. The molecule has 0 bridgehead atoms. The highest BCUT2D eigenvalue weighted by Gasteiger charge is 2.15. The highest BCUT2D eigenvalue weighted by molar-refractivity contribution is 5.90. The molecule has 3 N–H and O–H groups in total. The molecule has 1 unspecified atom stereocenters. The molecule has 1 saturated heterocycles. The third-order valence-corrected chi connectivity index (χ3v) is 3.78. The number of carbonyl (C=O) groups excluding carboxylic acids is 1. The molecule has 0 aromatic heterocycles. The fourth-order valence-corrected chi connectivity index (χ4v) is 2.57. The first-order valence-corrected chi connectivity index (χ1v) is 8.13. The molecule has 24 heavy (non-hydrogen) atoms. The van der Waals surface area contributed by atoms with Gasteiger partial charge in [-0.1, -0.05) is 6.07 Å². The number of ether oxygens (including phenoxy) is 2. The van der Waals surface area contributed by atoms with Crippen molar-refractivity contribution in [1.82, 2.24) is 10.6 Å². The normalized spacial score (nSPS) is 17.5. The zero-order valence-electron chi connectivity index (χ0n) is 14.5. The second-order valence-corrected chi connectivity index (χ2v) is 5.66. The van der Waals surface area contributed by atoms with Gasteiger partial charge in [-0.05, 0) is 30.5 Å². The van der Waals surface area contributed by atoms with Crippen molar-refractivity contribution >= 4 is 17.6 Å². The van der Waals surface area contributed by atoms with Gasteiger partial charge in [0.2, 0.25) is 5.91 Å². The van der Waals surface area contributed by atoms with Crippen LogP contribution in [0.3, 0.4) is 0 Å². The Labute approximate surface area is 142 Å². The van der Waals surface area contributed by atoms with Gasteiger partial charge in [-0.15, -0.1) is 0 Å². The average Bonchev–Trinajstić information content (AvgIpc) is 3.08. The molecule has 7 heteroatoms. The number of methoxy groups -OCH3 is 1. The van der Waals surface area contributed by atoms with Crippen LogP contribution < -0.4 is 20.7 Å². The Morgan fingerprint density at radius 1 is 1.42 bits per heavy atom. The van der Waals surface area contributed by atoms with Crippen molar-refractivity contribution in [2.75, 3.05) is 32.6 Å². The maximum absolute atomic E-state index is 11.3. The van der Waals surface area contributed by atoms with Gasteiger partial charge in [0.1, 0.15) is 5.75 Å². The van der Waals surface area contributed by atoms with Crippen LogP contribution in [-0.4, -0.2) is 45.3 Å². The van der Waals surface area contributed by atoms with Gasteiger partial charge in [0.05, 0.1) is 18.9 Å². The number of carbonyl (C=O) groups is 1. The summed E-state index contributed by atoms with van der Waals surface area (Å²) in [5.74, 6) is 1.23. The summed E-state index contributed by atoms with van der Waals surface area (Å²) >= 11 is 0. The van der Waals surface area contributed by atoms with E-state index in [0.717, 1.165) is 37.5 Å². The number of hydrogen-bond donors (Lipinski definition) is 3. The van der Waals surface area contributed by atoms with Crippen LogP contribution in [-0.2, 0) is 16.1 Å². The molecule has 1 heterocycles. The van der Waals surface area contributed by atoms with Crippen LogP contribution in [0.1, 0.15) is 25.3 Å². The van der Waals surface area contributed by atoms with E-state index in [4.69, 9.17) is 9.47 Å². The van der Waals surface area contributed by atoms with E-state index in [2.05, 4.69) is 20.9 Å². The smallest absolute Gasteiger partial charge is 0.221 e. The summed E-state index contributed by atoms with van der Waals surface area (Å²) in [6.45, 7) is 3.65. The monoisotopic (exact) mass is 334 g/mol. The first-order valence-electron chi connectivity index (χ1n) is 8.13. The molecule has 1 atom stereocenters. The first kappa shape index (κ1) is 18.1. The number of nitrogens with zero attached hydrogens (tertiary/aromatic N) is 1. The van der Waals surface area contributed by atoms with Gasteiger partial charge in [-0.2, -0.15) is 0 Å². The molecule has 1 aliphatic rings. The van der Waals surface area contributed by atoms with E-state index in [0.29, 0.717) is 18.0 Å². The van der Waals surface area contributed by atoms with Crippen molar-refractivity contribution in [1.29, 1.82) is 0 Å². The van der Waals surface area contributed by atoms with Gasteiger partial charge in [-0.25, -0.2) is 0 Å². The summed E-state index contributed by atoms with van der Waals surface area (Å²) in [5, 5.41) is 9.30. The van der Waals surface area contributed by atoms with Crippen LogP contribution in [0.2, 0.25) is 0 Å². The van der Waals surface area contributed by atoms with Gasteiger partial charge >= 0.3 is 0 Å². The first-order chi connectivity index (χ1) is 11.6. The number of nitrogens with one attached hydrogen (secondary N) is 3. The van der Waals surface area contributed by atoms with E-state index in [-0.39, 0.29) is 12.0 Å². The lowest BCUT2D eigenvalue weighted by atomic mass is 10.2. The van der Waals surface area contributed by atoms with Crippen LogP contribution in [0, 0.1) is 0 Å². The fraction of sp³-hybridized carbons (Fsp3) is 0.529. The standard InChI is InChI=1S/C17H26N4O3/c1-12(22)21-15-9-13(6-7-16(15)23-3)10-19-17(18-2)20-11-14-5-4-8-24-14/h6-7,9,14H,4-5,8,10-11H2,1-3H3,(H,21,22)(H2,18,19,20). The highest BCUT2D eigenvalue weighted by Crippen LogP contribution is 2.25. The van der Waals surface area contributed by atoms with E-state index in [1.54, 1.807) is 14.2 Å². The van der Waals surface area contributed by atoms with Gasteiger partial charge in [0, 0.05) is 33.7 Å². The lowest BCUT2D eigenvalue weighted by molar-refractivity contribution is -0.114. The van der Waals surface area contributed by atoms with E-state index < -0.39 is 0 Å². The SMILES string of the molecule is CN=C(NCc1ccc(OC)c(NC(C)=O)c1)NCC1CCCO1. The third kappa shape index (κ3) is 5.42. The Morgan fingerprint density at radius 3 is 2.88 bits per heavy atom. The molecule has 0 aliphatic carbocycles. The molecule has 7 nitrogen and oxygen atoms in total. The predicted octanol–water partition coefficient (Wildman–Crippen LogP) is 1.50. The molecule has 0 saturated carbocycles. The minimum absolute atomic E-state index is 0.132. The quantitative estimate of drug-likeness (QED) is 0.542. The lowest BCUT2D eigenvalue weighted by Gasteiger charge is -2.16. The molecular formula is C17H26N4O3. The third-order valence-electron chi connectivity index (χ3n) is 3.78. The van der Waals surface area contributed by atoms with Crippen LogP contribution in [0.15, 0.2) is 23.2 Å². The van der Waals surface area contributed by atoms with E-state index >= 15 is 0 Å². The van der Waals surface area contributed by atoms with Crippen LogP contribution in [0.5, 0.6) is 5.75 Å².